The van der Waals surface area contributed by atoms with E-state index in [1.807, 2.05) is 6.92 Å². The average molecular weight is 296 g/mol. The van der Waals surface area contributed by atoms with E-state index < -0.39 is 0 Å². The van der Waals surface area contributed by atoms with E-state index in [4.69, 9.17) is 0 Å². The van der Waals surface area contributed by atoms with Crippen molar-refractivity contribution in [3.63, 3.8) is 0 Å². The third-order valence-electron chi connectivity index (χ3n) is 3.44. The van der Waals surface area contributed by atoms with E-state index in [9.17, 15) is 4.79 Å². The van der Waals surface area contributed by atoms with E-state index in [-0.39, 0.29) is 11.9 Å². The minimum absolute atomic E-state index is 0.0899. The predicted octanol–water partition coefficient (Wildman–Crippen LogP) is 1.18. The Bertz CT molecular complexity index is 446. The number of carbonyl (C=O) groups excluding carboxylic acids is 1. The van der Waals surface area contributed by atoms with Gasteiger partial charge in [0.25, 0.3) is 0 Å². The van der Waals surface area contributed by atoms with E-state index in [1.54, 1.807) is 11.3 Å². The third kappa shape index (κ3) is 3.77. The number of amides is 1. The van der Waals surface area contributed by atoms with Crippen LogP contribution in [0, 0.1) is 0 Å². The van der Waals surface area contributed by atoms with Crippen molar-refractivity contribution in [3.05, 3.63) is 16.1 Å². The highest BCUT2D eigenvalue weighted by Crippen LogP contribution is 2.20. The smallest absolute Gasteiger partial charge is 0.238 e. The number of likely N-dealkylation sites (N-methyl/N-ethyl adjacent to an activating group) is 1. The zero-order valence-electron chi connectivity index (χ0n) is 12.5. The fourth-order valence-corrected chi connectivity index (χ4v) is 3.18. The molecule has 0 aliphatic carbocycles. The first-order chi connectivity index (χ1) is 9.61. The van der Waals surface area contributed by atoms with Crippen LogP contribution >= 0.6 is 11.3 Å². The summed E-state index contributed by atoms with van der Waals surface area (Å²) in [5.74, 6) is 0.579. The Labute approximate surface area is 124 Å². The second-order valence-electron chi connectivity index (χ2n) is 5.42. The highest BCUT2D eigenvalue weighted by Gasteiger charge is 2.28. The quantitative estimate of drug-likeness (QED) is 0.856. The number of thiazole rings is 1. The molecule has 0 spiro atoms. The Morgan fingerprint density at radius 2 is 2.45 bits per heavy atom. The number of rotatable bonds is 5. The fourth-order valence-electron chi connectivity index (χ4n) is 2.35. The van der Waals surface area contributed by atoms with Crippen LogP contribution in [-0.4, -0.2) is 48.0 Å². The van der Waals surface area contributed by atoms with E-state index in [1.165, 1.54) is 5.01 Å². The van der Waals surface area contributed by atoms with Crippen LogP contribution in [0.1, 0.15) is 37.4 Å². The lowest BCUT2D eigenvalue weighted by Crippen LogP contribution is -2.57. The molecule has 0 saturated carbocycles. The second kappa shape index (κ2) is 7.15. The first-order valence-corrected chi connectivity index (χ1v) is 8.16. The maximum atomic E-state index is 12.1. The molecule has 112 valence electrons. The summed E-state index contributed by atoms with van der Waals surface area (Å²) in [6, 6.07) is -0.0899. The van der Waals surface area contributed by atoms with Gasteiger partial charge in [-0.25, -0.2) is 4.98 Å². The summed E-state index contributed by atoms with van der Waals surface area (Å²) in [5.41, 5.74) is 1.08. The summed E-state index contributed by atoms with van der Waals surface area (Å²) in [6.07, 6.45) is 0. The third-order valence-corrected chi connectivity index (χ3v) is 4.63. The van der Waals surface area contributed by atoms with E-state index >= 15 is 0 Å². The maximum absolute atomic E-state index is 12.1. The number of piperazine rings is 1. The summed E-state index contributed by atoms with van der Waals surface area (Å²) in [6.45, 7) is 10.2. The van der Waals surface area contributed by atoms with Crippen LogP contribution in [0.3, 0.4) is 0 Å². The number of aromatic nitrogens is 1. The van der Waals surface area contributed by atoms with Crippen LogP contribution in [-0.2, 0) is 11.3 Å². The Balaban J connectivity index is 2.02. The molecular weight excluding hydrogens is 272 g/mol. The van der Waals surface area contributed by atoms with Crippen molar-refractivity contribution in [2.75, 3.05) is 26.2 Å². The van der Waals surface area contributed by atoms with Gasteiger partial charge in [-0.2, -0.15) is 0 Å². The molecule has 0 bridgehead atoms. The molecule has 1 aromatic rings. The molecule has 1 unspecified atom stereocenters. The van der Waals surface area contributed by atoms with Crippen LogP contribution in [0.25, 0.3) is 0 Å². The van der Waals surface area contributed by atoms with Gasteiger partial charge in [-0.15, -0.1) is 11.3 Å². The predicted molar refractivity (Wildman–Crippen MR) is 82.0 cm³/mol. The molecule has 2 N–H and O–H groups in total. The Morgan fingerprint density at radius 1 is 1.65 bits per heavy atom. The van der Waals surface area contributed by atoms with Gasteiger partial charge in [-0.05, 0) is 6.92 Å². The van der Waals surface area contributed by atoms with Crippen molar-refractivity contribution in [1.29, 1.82) is 0 Å². The van der Waals surface area contributed by atoms with Crippen LogP contribution in [0.5, 0.6) is 0 Å². The summed E-state index contributed by atoms with van der Waals surface area (Å²) >= 11 is 1.71. The lowest BCUT2D eigenvalue weighted by molar-refractivity contribution is -0.127. The molecule has 6 heteroatoms. The molecule has 1 aliphatic heterocycles. The van der Waals surface area contributed by atoms with Gasteiger partial charge in [0.1, 0.15) is 6.04 Å². The standard InChI is InChI=1S/C14H24N4OS/c1-4-16-13(19)12-7-15-5-6-18(12)8-11-9-20-14(17-11)10(2)3/h9-10,12,15H,4-8H2,1-3H3,(H,16,19). The Morgan fingerprint density at radius 3 is 3.10 bits per heavy atom. The molecule has 1 aromatic heterocycles. The second-order valence-corrected chi connectivity index (χ2v) is 6.31. The molecule has 2 heterocycles. The van der Waals surface area contributed by atoms with E-state index in [2.05, 4.69) is 39.7 Å². The minimum atomic E-state index is -0.0899. The number of carbonyl (C=O) groups is 1. The van der Waals surface area contributed by atoms with Crippen LogP contribution in [0.2, 0.25) is 0 Å². The van der Waals surface area contributed by atoms with Gasteiger partial charge < -0.3 is 10.6 Å². The van der Waals surface area contributed by atoms with Crippen molar-refractivity contribution in [2.45, 2.75) is 39.3 Å². The summed E-state index contributed by atoms with van der Waals surface area (Å²) in [7, 11) is 0. The van der Waals surface area contributed by atoms with Crippen LogP contribution < -0.4 is 10.6 Å². The molecule has 5 nitrogen and oxygen atoms in total. The molecule has 1 atom stereocenters. The van der Waals surface area contributed by atoms with Gasteiger partial charge in [-0.3, -0.25) is 9.69 Å². The van der Waals surface area contributed by atoms with Gasteiger partial charge in [0.15, 0.2) is 0 Å². The van der Waals surface area contributed by atoms with Crippen molar-refractivity contribution >= 4 is 17.2 Å². The van der Waals surface area contributed by atoms with Gasteiger partial charge in [0, 0.05) is 44.0 Å². The highest BCUT2D eigenvalue weighted by molar-refractivity contribution is 7.09. The monoisotopic (exact) mass is 296 g/mol. The van der Waals surface area contributed by atoms with Gasteiger partial charge in [-0.1, -0.05) is 13.8 Å². The van der Waals surface area contributed by atoms with E-state index in [0.29, 0.717) is 19.0 Å². The number of nitrogens with one attached hydrogen (secondary N) is 2. The summed E-state index contributed by atoms with van der Waals surface area (Å²) < 4.78 is 0. The summed E-state index contributed by atoms with van der Waals surface area (Å²) in [5, 5.41) is 9.50. The Hall–Kier alpha value is -0.980. The van der Waals surface area contributed by atoms with Crippen molar-refractivity contribution in [1.82, 2.24) is 20.5 Å². The van der Waals surface area contributed by atoms with Gasteiger partial charge >= 0.3 is 0 Å². The molecule has 1 saturated heterocycles. The SMILES string of the molecule is CCNC(=O)C1CNCCN1Cc1csc(C(C)C)n1. The molecular formula is C14H24N4OS. The fraction of sp³-hybridized carbons (Fsp3) is 0.714. The van der Waals surface area contributed by atoms with Crippen molar-refractivity contribution in [2.24, 2.45) is 0 Å². The topological polar surface area (TPSA) is 57.3 Å². The lowest BCUT2D eigenvalue weighted by Gasteiger charge is -2.34. The number of nitrogens with zero attached hydrogens (tertiary/aromatic N) is 2. The Kier molecular flexibility index (Phi) is 5.51. The van der Waals surface area contributed by atoms with Crippen molar-refractivity contribution < 1.29 is 4.79 Å². The lowest BCUT2D eigenvalue weighted by atomic mass is 10.1. The number of hydrogen-bond donors (Lipinski definition) is 2. The molecule has 1 amide bonds. The van der Waals surface area contributed by atoms with Gasteiger partial charge in [0.2, 0.25) is 5.91 Å². The summed E-state index contributed by atoms with van der Waals surface area (Å²) in [4.78, 5) is 19.0. The molecule has 0 radical (unpaired) electrons. The number of hydrogen-bond acceptors (Lipinski definition) is 5. The average Bonchev–Trinajstić information content (AvgIpc) is 2.88. The molecule has 20 heavy (non-hydrogen) atoms. The van der Waals surface area contributed by atoms with Crippen LogP contribution in [0.15, 0.2) is 5.38 Å². The largest absolute Gasteiger partial charge is 0.355 e. The first kappa shape index (κ1) is 15.4. The molecule has 1 aliphatic rings. The normalized spacial score (nSPS) is 20.3. The molecule has 0 aromatic carbocycles. The molecule has 1 fully saturated rings. The van der Waals surface area contributed by atoms with Gasteiger partial charge in [0.05, 0.1) is 10.7 Å². The first-order valence-electron chi connectivity index (χ1n) is 7.28. The van der Waals surface area contributed by atoms with E-state index in [0.717, 1.165) is 25.3 Å². The van der Waals surface area contributed by atoms with Crippen LogP contribution in [0.4, 0.5) is 0 Å². The highest BCUT2D eigenvalue weighted by atomic mass is 32.1. The zero-order valence-corrected chi connectivity index (χ0v) is 13.3. The zero-order chi connectivity index (χ0) is 14.5. The molecule has 2 rings (SSSR count). The minimum Gasteiger partial charge on any atom is -0.355 e. The van der Waals surface area contributed by atoms with Crippen molar-refractivity contribution in [3.8, 4) is 0 Å². The maximum Gasteiger partial charge on any atom is 0.238 e.